The number of benzene rings is 1. The molecule has 35 heavy (non-hydrogen) atoms. The molecule has 1 N–H and O–H groups in total. The lowest BCUT2D eigenvalue weighted by molar-refractivity contribution is -0.147. The minimum atomic E-state index is -5.08. The lowest BCUT2D eigenvalue weighted by atomic mass is 9.93. The number of ether oxygens (including phenoxy) is 2. The van der Waals surface area contributed by atoms with E-state index >= 15 is 0 Å². The summed E-state index contributed by atoms with van der Waals surface area (Å²) in [6.45, 7) is 1.10. The summed E-state index contributed by atoms with van der Waals surface area (Å²) in [6.07, 6.45) is -9.98. The third kappa shape index (κ3) is 4.78. The van der Waals surface area contributed by atoms with Crippen molar-refractivity contribution in [3.8, 4) is 0 Å². The molecule has 2 aromatic heterocycles. The third-order valence-corrected chi connectivity index (χ3v) is 6.37. The molecule has 3 aromatic rings. The summed E-state index contributed by atoms with van der Waals surface area (Å²) in [5.41, 5.74) is -1.01. The molecule has 6 nitrogen and oxygen atoms in total. The first-order valence-corrected chi connectivity index (χ1v) is 11.2. The standard InChI is InChI=1S/C22H19ClF6N4O2/c23-11-1-2-15-14(7-11)13-3-4-33(16(19(13)30-15)8-12-10-34-5-6-35-12)20-31-17(21(24,25)26)9-18(32-20)22(27,28)29/h1-2,7,9,12,16,30H,3-6,8,10H2/t12?,16-/m0/s1. The Labute approximate surface area is 200 Å². The molecule has 0 bridgehead atoms. The van der Waals surface area contributed by atoms with E-state index < -0.39 is 41.8 Å². The molecule has 188 valence electrons. The molecule has 1 unspecified atom stereocenters. The van der Waals surface area contributed by atoms with Crippen molar-refractivity contribution in [2.24, 2.45) is 0 Å². The minimum Gasteiger partial charge on any atom is -0.376 e. The molecule has 1 fully saturated rings. The number of nitrogens with zero attached hydrogens (tertiary/aromatic N) is 3. The SMILES string of the molecule is FC(F)(F)c1cc(C(F)(F)F)nc(N2CCc3c([nH]c4ccc(Cl)cc34)[C@@H]2CC2COCCO2)n1. The molecule has 2 atom stereocenters. The number of fused-ring (bicyclic) bond motifs is 3. The largest absolute Gasteiger partial charge is 0.433 e. The fourth-order valence-electron chi connectivity index (χ4n) is 4.60. The van der Waals surface area contributed by atoms with Gasteiger partial charge < -0.3 is 19.4 Å². The highest BCUT2D eigenvalue weighted by Gasteiger charge is 2.42. The highest BCUT2D eigenvalue weighted by Crippen LogP contribution is 2.41. The van der Waals surface area contributed by atoms with Crippen LogP contribution in [0.5, 0.6) is 0 Å². The Morgan fingerprint density at radius 2 is 1.74 bits per heavy atom. The molecule has 2 aliphatic heterocycles. The monoisotopic (exact) mass is 520 g/mol. The average Bonchev–Trinajstić information content (AvgIpc) is 3.17. The van der Waals surface area contributed by atoms with Crippen molar-refractivity contribution in [2.45, 2.75) is 37.3 Å². The topological polar surface area (TPSA) is 63.3 Å². The van der Waals surface area contributed by atoms with Gasteiger partial charge in [-0.15, -0.1) is 0 Å². The second-order valence-electron chi connectivity index (χ2n) is 8.40. The Morgan fingerprint density at radius 1 is 1.03 bits per heavy atom. The molecule has 0 saturated carbocycles. The Bertz CT molecular complexity index is 1210. The van der Waals surface area contributed by atoms with Crippen molar-refractivity contribution in [1.29, 1.82) is 0 Å². The minimum absolute atomic E-state index is 0.0725. The summed E-state index contributed by atoms with van der Waals surface area (Å²) in [5, 5.41) is 1.36. The van der Waals surface area contributed by atoms with E-state index in [4.69, 9.17) is 21.1 Å². The van der Waals surface area contributed by atoms with Crippen LogP contribution in [0.15, 0.2) is 24.3 Å². The van der Waals surface area contributed by atoms with E-state index in [0.29, 0.717) is 30.4 Å². The van der Waals surface area contributed by atoms with Gasteiger partial charge in [-0.1, -0.05) is 11.6 Å². The van der Waals surface area contributed by atoms with E-state index in [1.807, 2.05) is 0 Å². The maximum absolute atomic E-state index is 13.5. The van der Waals surface area contributed by atoms with E-state index in [1.54, 1.807) is 18.2 Å². The Balaban J connectivity index is 1.63. The second kappa shape index (κ2) is 8.82. The number of aromatic nitrogens is 3. The van der Waals surface area contributed by atoms with Crippen molar-refractivity contribution >= 4 is 28.5 Å². The van der Waals surface area contributed by atoms with Gasteiger partial charge in [0.2, 0.25) is 5.95 Å². The van der Waals surface area contributed by atoms with Gasteiger partial charge in [-0.25, -0.2) is 9.97 Å². The van der Waals surface area contributed by atoms with E-state index in [1.165, 1.54) is 4.90 Å². The number of hydrogen-bond acceptors (Lipinski definition) is 5. The number of alkyl halides is 6. The van der Waals surface area contributed by atoms with Crippen molar-refractivity contribution in [1.82, 2.24) is 15.0 Å². The van der Waals surface area contributed by atoms with Crippen LogP contribution >= 0.6 is 11.6 Å². The lowest BCUT2D eigenvalue weighted by Gasteiger charge is -2.38. The highest BCUT2D eigenvalue weighted by molar-refractivity contribution is 6.31. The summed E-state index contributed by atoms with van der Waals surface area (Å²) in [6, 6.07) is 4.50. The van der Waals surface area contributed by atoms with Gasteiger partial charge in [-0.3, -0.25) is 0 Å². The maximum Gasteiger partial charge on any atom is 0.433 e. The summed E-state index contributed by atoms with van der Waals surface area (Å²) >= 11 is 6.16. The highest BCUT2D eigenvalue weighted by atomic mass is 35.5. The van der Waals surface area contributed by atoms with Crippen molar-refractivity contribution in [3.05, 3.63) is 51.9 Å². The number of hydrogen-bond donors (Lipinski definition) is 1. The zero-order valence-corrected chi connectivity index (χ0v) is 18.8. The molecule has 1 aromatic carbocycles. The Kier molecular flexibility index (Phi) is 6.09. The van der Waals surface area contributed by atoms with Crippen molar-refractivity contribution in [3.63, 3.8) is 0 Å². The number of nitrogens with one attached hydrogen (secondary N) is 1. The third-order valence-electron chi connectivity index (χ3n) is 6.14. The predicted octanol–water partition coefficient (Wildman–Crippen LogP) is 5.56. The van der Waals surface area contributed by atoms with Crippen LogP contribution in [0.2, 0.25) is 5.02 Å². The van der Waals surface area contributed by atoms with Gasteiger partial charge in [-0.2, -0.15) is 26.3 Å². The average molecular weight is 521 g/mol. The first-order chi connectivity index (χ1) is 16.5. The number of H-pyrrole nitrogens is 1. The van der Waals surface area contributed by atoms with Crippen LogP contribution in [-0.4, -0.2) is 47.4 Å². The van der Waals surface area contributed by atoms with Gasteiger partial charge in [0, 0.05) is 34.6 Å². The number of aromatic amines is 1. The molecule has 0 amide bonds. The quantitative estimate of drug-likeness (QED) is 0.458. The van der Waals surface area contributed by atoms with Crippen LogP contribution in [0, 0.1) is 0 Å². The zero-order chi connectivity index (χ0) is 25.0. The van der Waals surface area contributed by atoms with Crippen LogP contribution in [0.4, 0.5) is 32.3 Å². The van der Waals surface area contributed by atoms with E-state index in [2.05, 4.69) is 15.0 Å². The van der Waals surface area contributed by atoms with Gasteiger partial charge in [0.15, 0.2) is 11.4 Å². The van der Waals surface area contributed by atoms with E-state index in [-0.39, 0.29) is 25.6 Å². The molecule has 0 radical (unpaired) electrons. The maximum atomic E-state index is 13.5. The number of anilines is 1. The van der Waals surface area contributed by atoms with Gasteiger partial charge in [0.1, 0.15) is 0 Å². The van der Waals surface area contributed by atoms with Crippen LogP contribution < -0.4 is 4.90 Å². The summed E-state index contributed by atoms with van der Waals surface area (Å²) in [4.78, 5) is 11.7. The molecular weight excluding hydrogens is 502 g/mol. The van der Waals surface area contributed by atoms with Crippen molar-refractivity contribution in [2.75, 3.05) is 31.3 Å². The van der Waals surface area contributed by atoms with Crippen molar-refractivity contribution < 1.29 is 35.8 Å². The van der Waals surface area contributed by atoms with Gasteiger partial charge >= 0.3 is 12.4 Å². The fraction of sp³-hybridized carbons (Fsp3) is 0.455. The number of halogens is 7. The van der Waals surface area contributed by atoms with Gasteiger partial charge in [0.25, 0.3) is 0 Å². The molecule has 13 heteroatoms. The van der Waals surface area contributed by atoms with E-state index in [9.17, 15) is 26.3 Å². The first kappa shape index (κ1) is 24.1. The van der Waals surface area contributed by atoms with Crippen LogP contribution in [0.3, 0.4) is 0 Å². The normalized spacial score (nSPS) is 21.4. The molecule has 2 aliphatic rings. The smallest absolute Gasteiger partial charge is 0.376 e. The molecule has 0 aliphatic carbocycles. The van der Waals surface area contributed by atoms with Crippen LogP contribution in [0.25, 0.3) is 10.9 Å². The van der Waals surface area contributed by atoms with Gasteiger partial charge in [0.05, 0.1) is 32.0 Å². The Morgan fingerprint density at radius 3 is 2.37 bits per heavy atom. The molecule has 0 spiro atoms. The van der Waals surface area contributed by atoms with Gasteiger partial charge in [-0.05, 0) is 36.2 Å². The molecule has 4 heterocycles. The summed E-state index contributed by atoms with van der Waals surface area (Å²) < 4.78 is 91.9. The van der Waals surface area contributed by atoms with E-state index in [0.717, 1.165) is 16.5 Å². The fourth-order valence-corrected chi connectivity index (χ4v) is 4.77. The first-order valence-electron chi connectivity index (χ1n) is 10.8. The second-order valence-corrected chi connectivity index (χ2v) is 8.84. The predicted molar refractivity (Wildman–Crippen MR) is 114 cm³/mol. The lowest BCUT2D eigenvalue weighted by Crippen LogP contribution is -2.41. The molecular formula is C22H19ClF6N4O2. The number of rotatable bonds is 3. The zero-order valence-electron chi connectivity index (χ0n) is 18.0. The van der Waals surface area contributed by atoms with Crippen LogP contribution in [0.1, 0.15) is 35.1 Å². The van der Waals surface area contributed by atoms with Crippen LogP contribution in [-0.2, 0) is 28.2 Å². The molecule has 1 saturated heterocycles. The summed E-state index contributed by atoms with van der Waals surface area (Å²) in [5.74, 6) is -0.642. The molecule has 5 rings (SSSR count). The summed E-state index contributed by atoms with van der Waals surface area (Å²) in [7, 11) is 0. The Hall–Kier alpha value is -2.57.